The summed E-state index contributed by atoms with van der Waals surface area (Å²) in [6.07, 6.45) is 5.25. The molecule has 0 radical (unpaired) electrons. The molecule has 0 aliphatic heterocycles. The van der Waals surface area contributed by atoms with E-state index >= 15 is 0 Å². The van der Waals surface area contributed by atoms with Crippen LogP contribution in [0.5, 0.6) is 0 Å². The first-order chi connectivity index (χ1) is 15.1. The lowest BCUT2D eigenvalue weighted by Crippen LogP contribution is -2.32. The number of nitrogens with one attached hydrogen (secondary N) is 2. The number of amides is 1. The Bertz CT molecular complexity index is 1340. The van der Waals surface area contributed by atoms with Crippen LogP contribution < -0.4 is 16.2 Å². The number of carbonyl (C=O) groups is 1. The number of nitrogens with zero attached hydrogens (tertiary/aromatic N) is 3. The van der Waals surface area contributed by atoms with Gasteiger partial charge in [0.1, 0.15) is 0 Å². The van der Waals surface area contributed by atoms with Gasteiger partial charge >= 0.3 is 0 Å². The van der Waals surface area contributed by atoms with Gasteiger partial charge in [0.05, 0.1) is 10.9 Å². The molecule has 0 unspecified atom stereocenters. The third-order valence-corrected chi connectivity index (χ3v) is 6.61. The monoisotopic (exact) mass is 433 g/mol. The number of hydrogen-bond acceptors (Lipinski definition) is 6. The molecular formula is C23H23N5O2S. The zero-order valence-electron chi connectivity index (χ0n) is 17.2. The average Bonchev–Trinajstić information content (AvgIpc) is 3.43. The van der Waals surface area contributed by atoms with Gasteiger partial charge in [-0.3, -0.25) is 9.59 Å². The highest BCUT2D eigenvalue weighted by atomic mass is 32.1. The molecule has 1 saturated carbocycles. The highest BCUT2D eigenvalue weighted by molar-refractivity contribution is 7.20. The van der Waals surface area contributed by atoms with Crippen molar-refractivity contribution in [2.75, 3.05) is 5.32 Å². The topological polar surface area (TPSA) is 88.4 Å². The molecule has 31 heavy (non-hydrogen) atoms. The van der Waals surface area contributed by atoms with Crippen molar-refractivity contribution in [1.29, 1.82) is 0 Å². The molecule has 2 aromatic heterocycles. The molecule has 1 aliphatic rings. The average molecular weight is 434 g/mol. The molecule has 1 aliphatic carbocycles. The summed E-state index contributed by atoms with van der Waals surface area (Å²) in [7, 11) is 0. The Morgan fingerprint density at radius 2 is 2.00 bits per heavy atom. The van der Waals surface area contributed by atoms with Gasteiger partial charge in [-0.1, -0.05) is 49.3 Å². The standard InChI is InChI=1S/C23H23N5O2S/c1-2-14-7-3-6-10-18(14)25-22-27-28-21(30)17-12-11-15(13-19(17)26-23(28)31-22)20(29)24-16-8-4-5-9-16/h3,6-7,10-13,16H,2,4-5,8-9H2,1H3,(H,24,29)(H,25,27). The number of carbonyl (C=O) groups excluding carboxylic acids is 1. The Hall–Kier alpha value is -3.26. The molecule has 2 N–H and O–H groups in total. The summed E-state index contributed by atoms with van der Waals surface area (Å²) in [5.41, 5.74) is 2.93. The van der Waals surface area contributed by atoms with Crippen molar-refractivity contribution in [3.05, 3.63) is 63.9 Å². The van der Waals surface area contributed by atoms with E-state index in [9.17, 15) is 9.59 Å². The second-order valence-electron chi connectivity index (χ2n) is 7.84. The van der Waals surface area contributed by atoms with Crippen LogP contribution in [0.15, 0.2) is 47.3 Å². The second kappa shape index (κ2) is 8.11. The minimum Gasteiger partial charge on any atom is -0.349 e. The van der Waals surface area contributed by atoms with Crippen LogP contribution in [-0.2, 0) is 6.42 Å². The normalized spacial score (nSPS) is 14.4. The maximum Gasteiger partial charge on any atom is 0.283 e. The molecule has 0 saturated heterocycles. The van der Waals surface area contributed by atoms with Gasteiger partial charge in [0.25, 0.3) is 11.5 Å². The molecule has 2 aromatic carbocycles. The highest BCUT2D eigenvalue weighted by Crippen LogP contribution is 2.25. The molecule has 0 bridgehead atoms. The van der Waals surface area contributed by atoms with Gasteiger partial charge in [-0.25, -0.2) is 4.98 Å². The molecule has 4 aromatic rings. The first-order valence-electron chi connectivity index (χ1n) is 10.6. The van der Waals surface area contributed by atoms with Crippen molar-refractivity contribution in [2.45, 2.75) is 45.1 Å². The predicted molar refractivity (Wildman–Crippen MR) is 123 cm³/mol. The molecular weight excluding hydrogens is 410 g/mol. The fraction of sp³-hybridized carbons (Fsp3) is 0.304. The van der Waals surface area contributed by atoms with Gasteiger partial charge in [-0.2, -0.15) is 4.52 Å². The van der Waals surface area contributed by atoms with E-state index in [1.54, 1.807) is 18.2 Å². The highest BCUT2D eigenvalue weighted by Gasteiger charge is 2.19. The number of fused-ring (bicyclic) bond motifs is 2. The number of aromatic nitrogens is 3. The van der Waals surface area contributed by atoms with Gasteiger partial charge in [0, 0.05) is 17.3 Å². The van der Waals surface area contributed by atoms with Gasteiger partial charge in [-0.05, 0) is 49.1 Å². The maximum atomic E-state index is 13.0. The number of hydrogen-bond donors (Lipinski definition) is 2. The fourth-order valence-electron chi connectivity index (χ4n) is 4.10. The molecule has 0 atom stereocenters. The van der Waals surface area contributed by atoms with Crippen LogP contribution in [0.3, 0.4) is 0 Å². The first kappa shape index (κ1) is 19.7. The molecule has 5 rings (SSSR count). The Morgan fingerprint density at radius 1 is 1.19 bits per heavy atom. The van der Waals surface area contributed by atoms with Crippen LogP contribution in [0.25, 0.3) is 15.9 Å². The van der Waals surface area contributed by atoms with Crippen LogP contribution in [0.4, 0.5) is 10.8 Å². The van der Waals surface area contributed by atoms with Crippen molar-refractivity contribution < 1.29 is 4.79 Å². The minimum atomic E-state index is -0.240. The second-order valence-corrected chi connectivity index (χ2v) is 8.80. The third-order valence-electron chi connectivity index (χ3n) is 5.79. The lowest BCUT2D eigenvalue weighted by atomic mass is 10.1. The summed E-state index contributed by atoms with van der Waals surface area (Å²) >= 11 is 1.31. The number of anilines is 2. The quantitative estimate of drug-likeness (QED) is 0.490. The first-order valence-corrected chi connectivity index (χ1v) is 11.4. The lowest BCUT2D eigenvalue weighted by Gasteiger charge is -2.12. The van der Waals surface area contributed by atoms with Crippen molar-refractivity contribution >= 4 is 43.9 Å². The van der Waals surface area contributed by atoms with Crippen molar-refractivity contribution in [2.24, 2.45) is 0 Å². The predicted octanol–water partition coefficient (Wildman–Crippen LogP) is 4.28. The molecule has 8 heteroatoms. The number of para-hydroxylation sites is 1. The molecule has 0 spiro atoms. The van der Waals surface area contributed by atoms with E-state index < -0.39 is 0 Å². The third kappa shape index (κ3) is 3.79. The largest absolute Gasteiger partial charge is 0.349 e. The van der Waals surface area contributed by atoms with Crippen LogP contribution in [0, 0.1) is 0 Å². The van der Waals surface area contributed by atoms with E-state index in [-0.39, 0.29) is 17.5 Å². The molecule has 158 valence electrons. The summed E-state index contributed by atoms with van der Waals surface area (Å²) in [6, 6.07) is 13.3. The molecule has 1 fully saturated rings. The number of benzene rings is 2. The Morgan fingerprint density at radius 3 is 2.81 bits per heavy atom. The lowest BCUT2D eigenvalue weighted by molar-refractivity contribution is 0.0938. The van der Waals surface area contributed by atoms with Gasteiger partial charge in [0.15, 0.2) is 0 Å². The van der Waals surface area contributed by atoms with E-state index in [1.165, 1.54) is 21.4 Å². The van der Waals surface area contributed by atoms with Crippen LogP contribution in [0.1, 0.15) is 48.5 Å². The van der Waals surface area contributed by atoms with Crippen molar-refractivity contribution in [3.63, 3.8) is 0 Å². The van der Waals surface area contributed by atoms with Gasteiger partial charge in [0.2, 0.25) is 10.1 Å². The summed E-state index contributed by atoms with van der Waals surface area (Å²) in [6.45, 7) is 2.10. The van der Waals surface area contributed by atoms with E-state index in [2.05, 4.69) is 33.7 Å². The van der Waals surface area contributed by atoms with Gasteiger partial charge in [-0.15, -0.1) is 5.10 Å². The minimum absolute atomic E-state index is 0.112. The summed E-state index contributed by atoms with van der Waals surface area (Å²) in [5, 5.41) is 11.9. The number of rotatable bonds is 5. The molecule has 2 heterocycles. The van der Waals surface area contributed by atoms with Crippen molar-refractivity contribution in [3.8, 4) is 0 Å². The zero-order valence-corrected chi connectivity index (χ0v) is 18.0. The smallest absolute Gasteiger partial charge is 0.283 e. The van der Waals surface area contributed by atoms with Crippen LogP contribution in [0.2, 0.25) is 0 Å². The zero-order chi connectivity index (χ0) is 21.4. The van der Waals surface area contributed by atoms with Gasteiger partial charge < -0.3 is 10.6 Å². The van der Waals surface area contributed by atoms with E-state index in [0.717, 1.165) is 37.8 Å². The van der Waals surface area contributed by atoms with Crippen LogP contribution >= 0.6 is 11.3 Å². The summed E-state index contributed by atoms with van der Waals surface area (Å²) in [4.78, 5) is 30.7. The van der Waals surface area contributed by atoms with E-state index in [1.807, 2.05) is 18.2 Å². The Labute approximate surface area is 183 Å². The number of aryl methyl sites for hydroxylation is 1. The SMILES string of the molecule is CCc1ccccc1Nc1nn2c(=O)c3ccc(C(=O)NC4CCCC4)cc3nc2s1. The maximum absolute atomic E-state index is 13.0. The summed E-state index contributed by atoms with van der Waals surface area (Å²) < 4.78 is 1.32. The summed E-state index contributed by atoms with van der Waals surface area (Å²) in [5.74, 6) is -0.112. The Balaban J connectivity index is 1.49. The van der Waals surface area contributed by atoms with Crippen molar-refractivity contribution in [1.82, 2.24) is 19.9 Å². The fourth-order valence-corrected chi connectivity index (χ4v) is 4.92. The van der Waals surface area contributed by atoms with Crippen LogP contribution in [-0.4, -0.2) is 26.5 Å². The molecule has 7 nitrogen and oxygen atoms in total. The van der Waals surface area contributed by atoms with E-state index in [0.29, 0.717) is 26.6 Å². The van der Waals surface area contributed by atoms with E-state index in [4.69, 9.17) is 0 Å². The Kier molecular flexibility index (Phi) is 5.15. The molecule has 1 amide bonds.